The van der Waals surface area contributed by atoms with Crippen LogP contribution in [0.25, 0.3) is 0 Å². The molecule has 0 atom stereocenters. The average molecular weight is 304 g/mol. The van der Waals surface area contributed by atoms with Crippen molar-refractivity contribution in [3.63, 3.8) is 0 Å². The van der Waals surface area contributed by atoms with E-state index in [0.29, 0.717) is 0 Å². The molecule has 0 fully saturated rings. The minimum Gasteiger partial charge on any atom is -0.372 e. The Morgan fingerprint density at radius 1 is 0.727 bits per heavy atom. The van der Waals surface area contributed by atoms with Crippen LogP contribution in [0.2, 0.25) is 0 Å². The van der Waals surface area contributed by atoms with Crippen LogP contribution in [0, 0.1) is 6.92 Å². The Bertz CT molecular complexity index is 358. The second-order valence-electron chi connectivity index (χ2n) is 6.65. The lowest BCUT2D eigenvalue weighted by molar-refractivity contribution is 0.589. The zero-order valence-electron chi connectivity index (χ0n) is 15.2. The maximum absolute atomic E-state index is 2.62. The molecule has 0 heterocycles. The van der Waals surface area contributed by atoms with Crippen molar-refractivity contribution >= 4 is 5.69 Å². The number of hydrogen-bond acceptors (Lipinski definition) is 1. The third-order valence-corrected chi connectivity index (χ3v) is 4.43. The fourth-order valence-corrected chi connectivity index (χ4v) is 3.01. The summed E-state index contributed by atoms with van der Waals surface area (Å²) in [4.78, 5) is 2.62. The van der Waals surface area contributed by atoms with Crippen LogP contribution in [0.3, 0.4) is 0 Å². The molecule has 126 valence electrons. The van der Waals surface area contributed by atoms with Crippen LogP contribution in [0.1, 0.15) is 83.6 Å². The Hall–Kier alpha value is -0.980. The molecular formula is C21H37N. The van der Waals surface area contributed by atoms with E-state index >= 15 is 0 Å². The first-order valence-electron chi connectivity index (χ1n) is 9.59. The van der Waals surface area contributed by atoms with Crippen molar-refractivity contribution in [2.45, 2.75) is 85.0 Å². The summed E-state index contributed by atoms with van der Waals surface area (Å²) in [6.07, 6.45) is 13.7. The smallest absolute Gasteiger partial charge is 0.0368 e. The fraction of sp³-hybridized carbons (Fsp3) is 0.714. The molecule has 22 heavy (non-hydrogen) atoms. The molecule has 0 N–H and O–H groups in total. The third kappa shape index (κ3) is 8.46. The fourth-order valence-electron chi connectivity index (χ4n) is 3.01. The Kier molecular flexibility index (Phi) is 10.9. The highest BCUT2D eigenvalue weighted by atomic mass is 15.1. The number of unbranched alkanes of at least 4 members (excludes halogenated alkanes) is 8. The van der Waals surface area contributed by atoms with Crippen molar-refractivity contribution in [1.82, 2.24) is 0 Å². The minimum absolute atomic E-state index is 1.22. The largest absolute Gasteiger partial charge is 0.372 e. The molecule has 1 aromatic carbocycles. The molecule has 0 amide bonds. The summed E-state index contributed by atoms with van der Waals surface area (Å²) in [5, 5.41) is 0. The molecular weight excluding hydrogens is 266 g/mol. The standard InChI is InChI=1S/C21H37N/c1-4-6-8-10-12-17-22(18-13-11-9-7-5-2)21-16-14-15-20(3)19-21/h14-16,19H,4-13,17-18H2,1-3H3. The monoisotopic (exact) mass is 303 g/mol. The van der Waals surface area contributed by atoms with Gasteiger partial charge in [0.25, 0.3) is 0 Å². The Labute approximate surface area is 139 Å². The van der Waals surface area contributed by atoms with Gasteiger partial charge in [0.1, 0.15) is 0 Å². The van der Waals surface area contributed by atoms with Crippen molar-refractivity contribution in [2.24, 2.45) is 0 Å². The number of hydrogen-bond donors (Lipinski definition) is 0. The Balaban J connectivity index is 2.42. The van der Waals surface area contributed by atoms with E-state index in [0.717, 1.165) is 0 Å². The highest BCUT2D eigenvalue weighted by Gasteiger charge is 2.06. The van der Waals surface area contributed by atoms with Gasteiger partial charge in [0.05, 0.1) is 0 Å². The molecule has 0 aromatic heterocycles. The molecule has 0 aliphatic rings. The molecule has 1 heteroatoms. The second kappa shape index (κ2) is 12.6. The first-order chi connectivity index (χ1) is 10.8. The predicted molar refractivity (Wildman–Crippen MR) is 101 cm³/mol. The van der Waals surface area contributed by atoms with Crippen LogP contribution >= 0.6 is 0 Å². The maximum atomic E-state index is 2.62. The third-order valence-electron chi connectivity index (χ3n) is 4.43. The van der Waals surface area contributed by atoms with Gasteiger partial charge in [-0.15, -0.1) is 0 Å². The van der Waals surface area contributed by atoms with Crippen molar-refractivity contribution in [2.75, 3.05) is 18.0 Å². The molecule has 0 saturated carbocycles. The zero-order chi connectivity index (χ0) is 16.0. The van der Waals surface area contributed by atoms with Crippen LogP contribution in [-0.4, -0.2) is 13.1 Å². The van der Waals surface area contributed by atoms with E-state index < -0.39 is 0 Å². The Morgan fingerprint density at radius 2 is 1.27 bits per heavy atom. The number of anilines is 1. The van der Waals surface area contributed by atoms with Gasteiger partial charge in [0, 0.05) is 18.8 Å². The normalized spacial score (nSPS) is 10.9. The van der Waals surface area contributed by atoms with Crippen molar-refractivity contribution in [3.05, 3.63) is 29.8 Å². The Morgan fingerprint density at radius 3 is 1.77 bits per heavy atom. The first-order valence-corrected chi connectivity index (χ1v) is 9.59. The summed E-state index contributed by atoms with van der Waals surface area (Å²) in [6, 6.07) is 9.03. The highest BCUT2D eigenvalue weighted by molar-refractivity contribution is 5.48. The number of aryl methyl sites for hydroxylation is 1. The summed E-state index contributed by atoms with van der Waals surface area (Å²) in [5.41, 5.74) is 2.80. The van der Waals surface area contributed by atoms with Gasteiger partial charge in [-0.3, -0.25) is 0 Å². The van der Waals surface area contributed by atoms with Gasteiger partial charge >= 0.3 is 0 Å². The van der Waals surface area contributed by atoms with Crippen LogP contribution in [0.15, 0.2) is 24.3 Å². The molecule has 1 rings (SSSR count). The summed E-state index contributed by atoms with van der Waals surface area (Å²) in [5.74, 6) is 0. The van der Waals surface area contributed by atoms with Gasteiger partial charge in [-0.05, 0) is 37.5 Å². The maximum Gasteiger partial charge on any atom is 0.0368 e. The second-order valence-corrected chi connectivity index (χ2v) is 6.65. The lowest BCUT2D eigenvalue weighted by Crippen LogP contribution is -2.25. The van der Waals surface area contributed by atoms with Gasteiger partial charge < -0.3 is 4.90 Å². The molecule has 0 saturated heterocycles. The molecule has 0 aliphatic heterocycles. The van der Waals surface area contributed by atoms with Gasteiger partial charge in [0.15, 0.2) is 0 Å². The quantitative estimate of drug-likeness (QED) is 0.365. The first kappa shape index (κ1) is 19.1. The van der Waals surface area contributed by atoms with Gasteiger partial charge in [-0.2, -0.15) is 0 Å². The molecule has 0 bridgehead atoms. The van der Waals surface area contributed by atoms with E-state index in [1.807, 2.05) is 0 Å². The minimum atomic E-state index is 1.22. The van der Waals surface area contributed by atoms with E-state index in [1.165, 1.54) is 88.5 Å². The SMILES string of the molecule is CCCCCCCN(CCCCCCC)c1cccc(C)c1. The van der Waals surface area contributed by atoms with Crippen molar-refractivity contribution < 1.29 is 0 Å². The topological polar surface area (TPSA) is 3.24 Å². The van der Waals surface area contributed by atoms with E-state index in [9.17, 15) is 0 Å². The van der Waals surface area contributed by atoms with Crippen molar-refractivity contribution in [1.29, 1.82) is 0 Å². The zero-order valence-corrected chi connectivity index (χ0v) is 15.2. The van der Waals surface area contributed by atoms with E-state index in [4.69, 9.17) is 0 Å². The number of benzene rings is 1. The summed E-state index contributed by atoms with van der Waals surface area (Å²) in [6.45, 7) is 9.22. The number of nitrogens with zero attached hydrogens (tertiary/aromatic N) is 1. The van der Waals surface area contributed by atoms with Crippen LogP contribution < -0.4 is 4.90 Å². The summed E-state index contributed by atoms with van der Waals surface area (Å²) in [7, 11) is 0. The lowest BCUT2D eigenvalue weighted by Gasteiger charge is -2.25. The molecule has 0 radical (unpaired) electrons. The molecule has 1 nitrogen and oxygen atoms in total. The van der Waals surface area contributed by atoms with E-state index in [1.54, 1.807) is 0 Å². The van der Waals surface area contributed by atoms with Gasteiger partial charge in [-0.1, -0.05) is 77.3 Å². The lowest BCUT2D eigenvalue weighted by atomic mass is 10.1. The average Bonchev–Trinajstić information content (AvgIpc) is 2.52. The highest BCUT2D eigenvalue weighted by Crippen LogP contribution is 2.18. The molecule has 1 aromatic rings. The molecule has 0 spiro atoms. The molecule has 0 unspecified atom stereocenters. The van der Waals surface area contributed by atoms with Crippen molar-refractivity contribution in [3.8, 4) is 0 Å². The predicted octanol–water partition coefficient (Wildman–Crippen LogP) is 6.74. The van der Waals surface area contributed by atoms with E-state index in [-0.39, 0.29) is 0 Å². The van der Waals surface area contributed by atoms with Crippen LogP contribution in [0.5, 0.6) is 0 Å². The van der Waals surface area contributed by atoms with Crippen LogP contribution in [0.4, 0.5) is 5.69 Å². The van der Waals surface area contributed by atoms with Gasteiger partial charge in [-0.25, -0.2) is 0 Å². The van der Waals surface area contributed by atoms with E-state index in [2.05, 4.69) is 49.9 Å². The number of rotatable bonds is 13. The van der Waals surface area contributed by atoms with Gasteiger partial charge in [0.2, 0.25) is 0 Å². The summed E-state index contributed by atoms with van der Waals surface area (Å²) >= 11 is 0. The van der Waals surface area contributed by atoms with Crippen LogP contribution in [-0.2, 0) is 0 Å². The summed E-state index contributed by atoms with van der Waals surface area (Å²) < 4.78 is 0. The molecule has 0 aliphatic carbocycles.